The van der Waals surface area contributed by atoms with Crippen molar-refractivity contribution in [3.8, 4) is 0 Å². The van der Waals surface area contributed by atoms with E-state index in [1.807, 2.05) is 6.08 Å². The molecule has 0 amide bonds. The molecule has 0 saturated heterocycles. The molecule has 0 radical (unpaired) electrons. The van der Waals surface area contributed by atoms with Gasteiger partial charge in [0.2, 0.25) is 0 Å². The number of benzene rings is 3. The summed E-state index contributed by atoms with van der Waals surface area (Å²) in [5.41, 5.74) is 0. The third-order valence-electron chi connectivity index (χ3n) is 7.35. The van der Waals surface area contributed by atoms with Crippen LogP contribution in [0.3, 0.4) is 0 Å². The minimum atomic E-state index is -1.70. The van der Waals surface area contributed by atoms with Gasteiger partial charge in [-0.05, 0) is 62.1 Å². The van der Waals surface area contributed by atoms with Gasteiger partial charge in [0, 0.05) is 12.8 Å². The van der Waals surface area contributed by atoms with E-state index >= 15 is 0 Å². The molecule has 37 heavy (non-hydrogen) atoms. The number of carbonyl (C=O) groups is 1. The Morgan fingerprint density at radius 3 is 1.54 bits per heavy atom. The zero-order valence-electron chi connectivity index (χ0n) is 22.7. The van der Waals surface area contributed by atoms with Crippen LogP contribution in [0.25, 0.3) is 0 Å². The van der Waals surface area contributed by atoms with Crippen LogP contribution in [-0.2, 0) is 9.53 Å². The average molecular weight is 516 g/mol. The van der Waals surface area contributed by atoms with Crippen LogP contribution in [0.5, 0.6) is 0 Å². The maximum atomic E-state index is 11.4. The summed E-state index contributed by atoms with van der Waals surface area (Å²) in [5, 5.41) is 4.43. The van der Waals surface area contributed by atoms with Gasteiger partial charge >= 0.3 is 5.97 Å². The van der Waals surface area contributed by atoms with Crippen LogP contribution in [0.15, 0.2) is 104 Å². The Balaban J connectivity index is 1.56. The second kappa shape index (κ2) is 15.5. The quantitative estimate of drug-likeness (QED) is 0.0840. The van der Waals surface area contributed by atoms with Crippen molar-refractivity contribution in [2.45, 2.75) is 71.3 Å². The van der Waals surface area contributed by atoms with Crippen molar-refractivity contribution in [2.24, 2.45) is 5.92 Å². The lowest BCUT2D eigenvalue weighted by molar-refractivity contribution is -0.148. The van der Waals surface area contributed by atoms with Gasteiger partial charge in [0.15, 0.2) is 0 Å². The molecule has 0 bridgehead atoms. The number of hydrogen-bond acceptors (Lipinski definition) is 2. The predicted octanol–water partition coefficient (Wildman–Crippen LogP) is 7.86. The van der Waals surface area contributed by atoms with Gasteiger partial charge in [0.25, 0.3) is 0 Å². The highest BCUT2D eigenvalue weighted by molar-refractivity contribution is 7.95. The molecule has 3 rings (SSSR count). The minimum Gasteiger partial charge on any atom is -0.462 e. The molecule has 0 aromatic heterocycles. The number of ether oxygens (including phenoxy) is 1. The summed E-state index contributed by atoms with van der Waals surface area (Å²) in [6.45, 7) is 7.43. The van der Waals surface area contributed by atoms with E-state index in [-0.39, 0.29) is 18.0 Å². The average Bonchev–Trinajstić information content (AvgIpc) is 2.94. The minimum absolute atomic E-state index is 0.0407. The first kappa shape index (κ1) is 28.9. The van der Waals surface area contributed by atoms with E-state index < -0.39 is 7.26 Å². The van der Waals surface area contributed by atoms with Crippen LogP contribution in [0.4, 0.5) is 0 Å². The Morgan fingerprint density at radius 1 is 0.730 bits per heavy atom. The Labute approximate surface area is 225 Å². The Bertz CT molecular complexity index is 952. The van der Waals surface area contributed by atoms with Crippen LogP contribution >= 0.6 is 7.26 Å². The third kappa shape index (κ3) is 8.41. The van der Waals surface area contributed by atoms with Crippen molar-refractivity contribution in [3.63, 3.8) is 0 Å². The molecule has 0 unspecified atom stereocenters. The number of esters is 1. The fourth-order valence-electron chi connectivity index (χ4n) is 5.25. The number of rotatable bonds is 16. The molecular weight excluding hydrogens is 471 g/mol. The van der Waals surface area contributed by atoms with Crippen molar-refractivity contribution in [3.05, 3.63) is 104 Å². The summed E-state index contributed by atoms with van der Waals surface area (Å²) in [6.07, 6.45) is 12.5. The molecule has 196 valence electrons. The van der Waals surface area contributed by atoms with Crippen molar-refractivity contribution in [2.75, 3.05) is 6.16 Å². The summed E-state index contributed by atoms with van der Waals surface area (Å²) in [6, 6.07) is 33.6. The first-order valence-electron chi connectivity index (χ1n) is 13.9. The smallest absolute Gasteiger partial charge is 0.302 e. The molecule has 0 spiro atoms. The van der Waals surface area contributed by atoms with Gasteiger partial charge in [0.1, 0.15) is 29.3 Å². The van der Waals surface area contributed by atoms with E-state index in [0.29, 0.717) is 0 Å². The Kier molecular flexibility index (Phi) is 12.1. The summed E-state index contributed by atoms with van der Waals surface area (Å²) < 4.78 is 5.50. The van der Waals surface area contributed by atoms with Gasteiger partial charge < -0.3 is 4.74 Å². The molecular formula is C34H44O2P+. The van der Waals surface area contributed by atoms with E-state index in [1.54, 1.807) is 0 Å². The summed E-state index contributed by atoms with van der Waals surface area (Å²) in [7, 11) is -1.70. The second-order valence-corrected chi connectivity index (χ2v) is 13.7. The third-order valence-corrected chi connectivity index (χ3v) is 11.9. The van der Waals surface area contributed by atoms with Gasteiger partial charge in [-0.2, -0.15) is 0 Å². The summed E-state index contributed by atoms with van der Waals surface area (Å²) in [4.78, 5) is 11.4. The van der Waals surface area contributed by atoms with Crippen molar-refractivity contribution in [1.82, 2.24) is 0 Å². The van der Waals surface area contributed by atoms with Gasteiger partial charge in [-0.15, -0.1) is 6.58 Å². The molecule has 3 aromatic rings. The lowest BCUT2D eigenvalue weighted by atomic mass is 9.98. The summed E-state index contributed by atoms with van der Waals surface area (Å²) in [5.74, 6) is 0.00506. The highest BCUT2D eigenvalue weighted by Gasteiger charge is 2.44. The maximum absolute atomic E-state index is 11.4. The SMILES string of the molecule is C=C[C@H](C)[C@H](CCCCCCCCC[P+](c1ccccc1)(c1ccccc1)c1ccccc1)OC(C)=O. The van der Waals surface area contributed by atoms with E-state index in [4.69, 9.17) is 4.74 Å². The molecule has 0 aliphatic carbocycles. The number of carbonyl (C=O) groups excluding carboxylic acids is 1. The normalized spacial score (nSPS) is 13.0. The molecule has 2 atom stereocenters. The van der Waals surface area contributed by atoms with E-state index in [9.17, 15) is 4.79 Å². The topological polar surface area (TPSA) is 26.3 Å². The van der Waals surface area contributed by atoms with E-state index in [0.717, 1.165) is 12.8 Å². The summed E-state index contributed by atoms with van der Waals surface area (Å²) >= 11 is 0. The second-order valence-electron chi connectivity index (χ2n) is 10.0. The van der Waals surface area contributed by atoms with Crippen molar-refractivity contribution in [1.29, 1.82) is 0 Å². The molecule has 3 heteroatoms. The maximum Gasteiger partial charge on any atom is 0.302 e. The largest absolute Gasteiger partial charge is 0.462 e. The van der Waals surface area contributed by atoms with E-state index in [1.165, 1.54) is 67.5 Å². The zero-order valence-corrected chi connectivity index (χ0v) is 23.6. The highest BCUT2D eigenvalue weighted by atomic mass is 31.2. The molecule has 0 aliphatic heterocycles. The van der Waals surface area contributed by atoms with E-state index in [2.05, 4.69) is 104 Å². The van der Waals surface area contributed by atoms with Crippen molar-refractivity contribution < 1.29 is 9.53 Å². The van der Waals surface area contributed by atoms with Crippen molar-refractivity contribution >= 4 is 29.1 Å². The lowest BCUT2D eigenvalue weighted by Gasteiger charge is -2.27. The van der Waals surface area contributed by atoms with Crippen LogP contribution < -0.4 is 15.9 Å². The number of unbranched alkanes of at least 4 members (excludes halogenated alkanes) is 6. The molecule has 0 saturated carbocycles. The van der Waals surface area contributed by atoms with Gasteiger partial charge in [0.05, 0.1) is 6.16 Å². The standard InChI is InChI=1S/C34H44O2P/c1-4-29(2)34(36-30(3)35)27-19-8-6-5-7-9-20-28-37(31-21-13-10-14-22-31,32-23-15-11-16-24-32)33-25-17-12-18-26-33/h4,10-18,21-26,29,34H,1,5-9,19-20,27-28H2,2-3H3/q+1/t29-,34-/m0/s1. The molecule has 0 N–H and O–H groups in total. The van der Waals surface area contributed by atoms with Crippen LogP contribution in [0.2, 0.25) is 0 Å². The van der Waals surface area contributed by atoms with Crippen LogP contribution in [-0.4, -0.2) is 18.2 Å². The predicted molar refractivity (Wildman–Crippen MR) is 162 cm³/mol. The van der Waals surface area contributed by atoms with Crippen LogP contribution in [0.1, 0.15) is 65.2 Å². The molecule has 0 heterocycles. The Hall–Kier alpha value is -2.70. The monoisotopic (exact) mass is 515 g/mol. The first-order valence-corrected chi connectivity index (χ1v) is 15.9. The fraction of sp³-hybridized carbons (Fsp3) is 0.382. The molecule has 0 aliphatic rings. The van der Waals surface area contributed by atoms with Gasteiger partial charge in [-0.25, -0.2) is 0 Å². The van der Waals surface area contributed by atoms with Gasteiger partial charge in [-0.3, -0.25) is 4.79 Å². The molecule has 3 aromatic carbocycles. The molecule has 0 fully saturated rings. The Morgan fingerprint density at radius 2 is 1.14 bits per heavy atom. The van der Waals surface area contributed by atoms with Gasteiger partial charge in [-0.1, -0.05) is 93.3 Å². The van der Waals surface area contributed by atoms with Crippen LogP contribution in [0, 0.1) is 5.92 Å². The molecule has 2 nitrogen and oxygen atoms in total. The zero-order chi connectivity index (χ0) is 26.3. The lowest BCUT2D eigenvalue weighted by Crippen LogP contribution is -2.33. The highest BCUT2D eigenvalue weighted by Crippen LogP contribution is 2.56. The fourth-order valence-corrected chi connectivity index (χ4v) is 9.66. The number of hydrogen-bond donors (Lipinski definition) is 0. The first-order chi connectivity index (χ1) is 18.1.